The van der Waals surface area contributed by atoms with Crippen molar-refractivity contribution in [3.05, 3.63) is 33.6 Å². The molecule has 23 heavy (non-hydrogen) atoms. The number of rotatable bonds is 4. The summed E-state index contributed by atoms with van der Waals surface area (Å²) >= 11 is 1.40. The molecule has 0 aromatic carbocycles. The van der Waals surface area contributed by atoms with Gasteiger partial charge in [0, 0.05) is 25.3 Å². The molecular formula is C15H18N4O3S. The average molecular weight is 334 g/mol. The normalized spacial score (nSPS) is 17.5. The largest absolute Gasteiger partial charge is 0.351 e. The number of nitrogens with zero attached hydrogens (tertiary/aromatic N) is 3. The zero-order valence-corrected chi connectivity index (χ0v) is 13.9. The molecule has 8 heteroatoms. The molecule has 1 N–H and O–H groups in total. The lowest BCUT2D eigenvalue weighted by molar-refractivity contribution is -0.119. The zero-order chi connectivity index (χ0) is 16.4. The standard InChI is InChI=1S/C15H18N4O3S/c1-9(20)16-8-11-5-6-13(23-11)15(21)19-7-3-4-12(19)14-17-10(2)22-18-14/h5-6,12H,3-4,7-8H2,1-2H3,(H,16,20)/t12-/m0/s1. The molecule has 3 heterocycles. The molecule has 1 aliphatic rings. The Morgan fingerprint density at radius 1 is 1.48 bits per heavy atom. The van der Waals surface area contributed by atoms with E-state index in [0.29, 0.717) is 29.7 Å². The van der Waals surface area contributed by atoms with Crippen LogP contribution in [0.2, 0.25) is 0 Å². The summed E-state index contributed by atoms with van der Waals surface area (Å²) in [5, 5.41) is 6.69. The summed E-state index contributed by atoms with van der Waals surface area (Å²) in [5.41, 5.74) is 0. The molecule has 0 aliphatic carbocycles. The average Bonchev–Trinajstić information content (AvgIpc) is 3.24. The van der Waals surface area contributed by atoms with Gasteiger partial charge in [-0.05, 0) is 25.0 Å². The molecule has 1 saturated heterocycles. The number of thiophene rings is 1. The van der Waals surface area contributed by atoms with E-state index in [0.717, 1.165) is 17.7 Å². The SMILES string of the molecule is CC(=O)NCc1ccc(C(=O)N2CCC[C@H]2c2noc(C)n2)s1. The molecule has 1 atom stereocenters. The molecule has 0 bridgehead atoms. The Labute approximate surface area is 137 Å². The van der Waals surface area contributed by atoms with Crippen LogP contribution in [-0.4, -0.2) is 33.4 Å². The fourth-order valence-corrected chi connectivity index (χ4v) is 3.57. The minimum absolute atomic E-state index is 0.0194. The van der Waals surface area contributed by atoms with Crippen molar-refractivity contribution in [2.24, 2.45) is 0 Å². The van der Waals surface area contributed by atoms with Gasteiger partial charge in [-0.25, -0.2) is 0 Å². The monoisotopic (exact) mass is 334 g/mol. The van der Waals surface area contributed by atoms with Gasteiger partial charge < -0.3 is 14.7 Å². The Morgan fingerprint density at radius 3 is 3.00 bits per heavy atom. The van der Waals surface area contributed by atoms with Gasteiger partial charge in [-0.3, -0.25) is 9.59 Å². The quantitative estimate of drug-likeness (QED) is 0.924. The molecule has 2 aromatic rings. The van der Waals surface area contributed by atoms with E-state index in [1.54, 1.807) is 17.9 Å². The number of carbonyl (C=O) groups is 2. The van der Waals surface area contributed by atoms with E-state index in [1.165, 1.54) is 18.3 Å². The number of hydrogen-bond acceptors (Lipinski definition) is 6. The number of likely N-dealkylation sites (tertiary alicyclic amines) is 1. The van der Waals surface area contributed by atoms with Gasteiger partial charge in [-0.2, -0.15) is 4.98 Å². The van der Waals surface area contributed by atoms with Gasteiger partial charge >= 0.3 is 0 Å². The highest BCUT2D eigenvalue weighted by Gasteiger charge is 2.34. The lowest BCUT2D eigenvalue weighted by atomic mass is 10.2. The van der Waals surface area contributed by atoms with Crippen molar-refractivity contribution < 1.29 is 14.1 Å². The molecular weight excluding hydrogens is 316 g/mol. The van der Waals surface area contributed by atoms with Crippen LogP contribution in [0.5, 0.6) is 0 Å². The first-order chi connectivity index (χ1) is 11.0. The number of nitrogens with one attached hydrogen (secondary N) is 1. The maximum Gasteiger partial charge on any atom is 0.264 e. The molecule has 1 fully saturated rings. The third-order valence-electron chi connectivity index (χ3n) is 3.74. The number of amides is 2. The first-order valence-corrected chi connectivity index (χ1v) is 8.30. The van der Waals surface area contributed by atoms with Crippen LogP contribution < -0.4 is 5.32 Å². The van der Waals surface area contributed by atoms with Gasteiger partial charge in [0.15, 0.2) is 5.82 Å². The Morgan fingerprint density at radius 2 is 2.30 bits per heavy atom. The van der Waals surface area contributed by atoms with E-state index in [9.17, 15) is 9.59 Å². The van der Waals surface area contributed by atoms with Crippen LogP contribution >= 0.6 is 11.3 Å². The molecule has 0 spiro atoms. The summed E-state index contributed by atoms with van der Waals surface area (Å²) in [5.74, 6) is 0.976. The second kappa shape index (κ2) is 6.49. The summed E-state index contributed by atoms with van der Waals surface area (Å²) in [7, 11) is 0. The van der Waals surface area contributed by atoms with Crippen molar-refractivity contribution in [3.8, 4) is 0 Å². The maximum atomic E-state index is 12.8. The lowest BCUT2D eigenvalue weighted by Crippen LogP contribution is -2.30. The molecule has 0 saturated carbocycles. The van der Waals surface area contributed by atoms with Crippen molar-refractivity contribution in [3.63, 3.8) is 0 Å². The second-order valence-electron chi connectivity index (χ2n) is 5.50. The Balaban J connectivity index is 1.73. The molecule has 1 aliphatic heterocycles. The van der Waals surface area contributed by atoms with Gasteiger partial charge in [-0.15, -0.1) is 11.3 Å². The third-order valence-corrected chi connectivity index (χ3v) is 4.81. The van der Waals surface area contributed by atoms with Crippen LogP contribution in [-0.2, 0) is 11.3 Å². The van der Waals surface area contributed by atoms with E-state index in [-0.39, 0.29) is 17.9 Å². The van der Waals surface area contributed by atoms with Gasteiger partial charge in [0.2, 0.25) is 11.8 Å². The molecule has 7 nitrogen and oxygen atoms in total. The highest BCUT2D eigenvalue weighted by molar-refractivity contribution is 7.14. The minimum atomic E-state index is -0.124. The summed E-state index contributed by atoms with van der Waals surface area (Å²) in [6.07, 6.45) is 1.77. The molecule has 2 aromatic heterocycles. The van der Waals surface area contributed by atoms with E-state index in [1.807, 2.05) is 6.07 Å². The Hall–Kier alpha value is -2.22. The maximum absolute atomic E-state index is 12.8. The molecule has 0 unspecified atom stereocenters. The third kappa shape index (κ3) is 3.42. The number of hydrogen-bond donors (Lipinski definition) is 1. The van der Waals surface area contributed by atoms with Crippen molar-refractivity contribution in [2.45, 2.75) is 39.3 Å². The molecule has 2 amide bonds. The minimum Gasteiger partial charge on any atom is -0.351 e. The predicted molar refractivity (Wildman–Crippen MR) is 83.9 cm³/mol. The van der Waals surface area contributed by atoms with Crippen LogP contribution in [0.3, 0.4) is 0 Å². The van der Waals surface area contributed by atoms with Crippen LogP contribution in [0.1, 0.15) is 52.1 Å². The van der Waals surface area contributed by atoms with Crippen molar-refractivity contribution in [2.75, 3.05) is 6.54 Å². The van der Waals surface area contributed by atoms with E-state index < -0.39 is 0 Å². The topological polar surface area (TPSA) is 88.3 Å². The van der Waals surface area contributed by atoms with Crippen LogP contribution in [0, 0.1) is 6.92 Å². The van der Waals surface area contributed by atoms with Gasteiger partial charge in [-0.1, -0.05) is 5.16 Å². The van der Waals surface area contributed by atoms with Gasteiger partial charge in [0.1, 0.15) is 0 Å². The van der Waals surface area contributed by atoms with Crippen molar-refractivity contribution in [1.82, 2.24) is 20.4 Å². The second-order valence-corrected chi connectivity index (χ2v) is 6.67. The van der Waals surface area contributed by atoms with Gasteiger partial charge in [0.05, 0.1) is 17.5 Å². The fraction of sp³-hybridized carbons (Fsp3) is 0.467. The molecule has 3 rings (SSSR count). The lowest BCUT2D eigenvalue weighted by Gasteiger charge is -2.21. The predicted octanol–water partition coefficient (Wildman–Crippen LogP) is 2.05. The Kier molecular flexibility index (Phi) is 4.42. The molecule has 0 radical (unpaired) electrons. The van der Waals surface area contributed by atoms with Gasteiger partial charge in [0.25, 0.3) is 5.91 Å². The van der Waals surface area contributed by atoms with Crippen LogP contribution in [0.25, 0.3) is 0 Å². The number of aryl methyl sites for hydroxylation is 1. The smallest absolute Gasteiger partial charge is 0.264 e. The summed E-state index contributed by atoms with van der Waals surface area (Å²) in [4.78, 5) is 31.4. The number of aromatic nitrogens is 2. The van der Waals surface area contributed by atoms with Crippen molar-refractivity contribution >= 4 is 23.2 Å². The fourth-order valence-electron chi connectivity index (χ4n) is 2.67. The Bertz CT molecular complexity index is 724. The van der Waals surface area contributed by atoms with Crippen LogP contribution in [0.15, 0.2) is 16.7 Å². The van der Waals surface area contributed by atoms with Crippen LogP contribution in [0.4, 0.5) is 0 Å². The highest BCUT2D eigenvalue weighted by Crippen LogP contribution is 2.32. The molecule has 122 valence electrons. The zero-order valence-electron chi connectivity index (χ0n) is 13.0. The summed E-state index contributed by atoms with van der Waals surface area (Å²) in [6, 6.07) is 3.55. The van der Waals surface area contributed by atoms with Crippen molar-refractivity contribution in [1.29, 1.82) is 0 Å². The van der Waals surface area contributed by atoms with E-state index >= 15 is 0 Å². The van der Waals surface area contributed by atoms with E-state index in [4.69, 9.17) is 4.52 Å². The number of carbonyl (C=O) groups excluding carboxylic acids is 2. The highest BCUT2D eigenvalue weighted by atomic mass is 32.1. The summed E-state index contributed by atoms with van der Waals surface area (Å²) in [6.45, 7) is 4.35. The first kappa shape index (κ1) is 15.7. The summed E-state index contributed by atoms with van der Waals surface area (Å²) < 4.78 is 5.03. The first-order valence-electron chi connectivity index (χ1n) is 7.49. The van der Waals surface area contributed by atoms with E-state index in [2.05, 4.69) is 15.5 Å².